The van der Waals surface area contributed by atoms with Gasteiger partial charge in [0.25, 0.3) is 0 Å². The summed E-state index contributed by atoms with van der Waals surface area (Å²) in [6, 6.07) is 6.75. The maximum atomic E-state index is 14.0. The van der Waals surface area contributed by atoms with E-state index in [9.17, 15) is 22.7 Å². The van der Waals surface area contributed by atoms with Gasteiger partial charge in [0.15, 0.2) is 0 Å². The summed E-state index contributed by atoms with van der Waals surface area (Å²) in [5.41, 5.74) is 0.798. The Kier molecular flexibility index (Phi) is 8.27. The largest absolute Gasteiger partial charge is 0.478 e. The zero-order valence-electron chi connectivity index (χ0n) is 20.8. The van der Waals surface area contributed by atoms with Crippen molar-refractivity contribution in [1.29, 1.82) is 0 Å². The second kappa shape index (κ2) is 11.1. The second-order valence-corrected chi connectivity index (χ2v) is 12.3. The maximum absolute atomic E-state index is 14.0. The molecule has 2 aromatic rings. The average molecular weight is 537 g/mol. The number of unbranched alkanes of at least 4 members (excludes halogenated alkanes) is 2. The van der Waals surface area contributed by atoms with E-state index in [1.165, 1.54) is 28.9 Å². The number of fused-ring (bicyclic) bond motifs is 1. The summed E-state index contributed by atoms with van der Waals surface area (Å²) in [5, 5.41) is 9.66. The SMILES string of the molecule is CCCCCN1C[C@@H](C2CCCCC2)N(C)S(=O)(=O)c2cc(-c3ccc(F)c(C(=O)O)c3)c(Cl)cc21. The van der Waals surface area contributed by atoms with Crippen molar-refractivity contribution in [2.75, 3.05) is 25.0 Å². The number of aromatic carboxylic acids is 1. The van der Waals surface area contributed by atoms with Crippen molar-refractivity contribution in [3.05, 3.63) is 46.7 Å². The highest BCUT2D eigenvalue weighted by molar-refractivity contribution is 7.89. The normalized spacial score (nSPS) is 20.7. The third kappa shape index (κ3) is 5.27. The zero-order chi connectivity index (χ0) is 26.0. The van der Waals surface area contributed by atoms with Gasteiger partial charge in [-0.2, -0.15) is 4.31 Å². The van der Waals surface area contributed by atoms with E-state index in [1.807, 2.05) is 0 Å². The number of benzene rings is 2. The number of carboxylic acid groups (broad SMARTS) is 1. The Morgan fingerprint density at radius 2 is 1.86 bits per heavy atom. The number of carbonyl (C=O) groups is 1. The Balaban J connectivity index is 1.84. The molecule has 1 aliphatic heterocycles. The molecule has 2 aliphatic rings. The van der Waals surface area contributed by atoms with Gasteiger partial charge in [-0.15, -0.1) is 0 Å². The van der Waals surface area contributed by atoms with Gasteiger partial charge in [-0.05, 0) is 55.0 Å². The number of anilines is 1. The van der Waals surface area contributed by atoms with Crippen LogP contribution in [0, 0.1) is 11.7 Å². The van der Waals surface area contributed by atoms with Gasteiger partial charge in [0, 0.05) is 31.7 Å². The molecule has 1 N–H and O–H groups in total. The molecule has 0 bridgehead atoms. The van der Waals surface area contributed by atoms with Crippen molar-refractivity contribution >= 4 is 33.3 Å². The molecular formula is C27H34ClFN2O4S. The van der Waals surface area contributed by atoms with Crippen molar-refractivity contribution in [3.8, 4) is 11.1 Å². The van der Waals surface area contributed by atoms with Gasteiger partial charge in [0.1, 0.15) is 10.7 Å². The van der Waals surface area contributed by atoms with Crippen molar-refractivity contribution in [2.24, 2.45) is 5.92 Å². The Labute approximate surface area is 218 Å². The standard InChI is InChI=1S/C27H34ClFN2O4S/c1-3-4-8-13-31-17-25(18-9-6-5-7-10-18)30(2)36(34,35)26-15-20(22(28)16-24(26)31)19-11-12-23(29)21(14-19)27(32)33/h11-12,14-16,18,25H,3-10,13,17H2,1-2H3,(H,32,33)/t25-/m0/s1. The van der Waals surface area contributed by atoms with Crippen LogP contribution in [0.5, 0.6) is 0 Å². The van der Waals surface area contributed by atoms with Crippen LogP contribution in [0.15, 0.2) is 35.2 Å². The van der Waals surface area contributed by atoms with Gasteiger partial charge >= 0.3 is 5.97 Å². The fraction of sp³-hybridized carbons (Fsp3) is 0.519. The lowest BCUT2D eigenvalue weighted by molar-refractivity contribution is 0.0692. The van der Waals surface area contributed by atoms with E-state index >= 15 is 0 Å². The first kappa shape index (κ1) is 26.9. The minimum absolute atomic E-state index is 0.143. The topological polar surface area (TPSA) is 77.9 Å². The number of nitrogens with zero attached hydrogens (tertiary/aromatic N) is 2. The Hall–Kier alpha value is -2.16. The summed E-state index contributed by atoms with van der Waals surface area (Å²) >= 11 is 6.69. The smallest absolute Gasteiger partial charge is 0.338 e. The molecule has 9 heteroatoms. The zero-order valence-corrected chi connectivity index (χ0v) is 22.4. The average Bonchev–Trinajstić information content (AvgIpc) is 2.93. The number of likely N-dealkylation sites (N-methyl/N-ethyl adjacent to an activating group) is 1. The van der Waals surface area contributed by atoms with Crippen LogP contribution in [0.3, 0.4) is 0 Å². The molecule has 0 amide bonds. The number of halogens is 2. The first-order valence-electron chi connectivity index (χ1n) is 12.7. The molecule has 0 radical (unpaired) electrons. The lowest BCUT2D eigenvalue weighted by atomic mass is 9.83. The number of hydrogen-bond donors (Lipinski definition) is 1. The first-order valence-corrected chi connectivity index (χ1v) is 14.6. The van der Waals surface area contributed by atoms with Crippen LogP contribution in [-0.4, -0.2) is 50.0 Å². The lowest BCUT2D eigenvalue weighted by Crippen LogP contribution is -2.47. The van der Waals surface area contributed by atoms with E-state index in [0.717, 1.165) is 57.6 Å². The van der Waals surface area contributed by atoms with E-state index in [4.69, 9.17) is 11.6 Å². The highest BCUT2D eigenvalue weighted by atomic mass is 35.5. The second-order valence-electron chi connectivity index (χ2n) is 9.94. The van der Waals surface area contributed by atoms with Crippen molar-refractivity contribution in [1.82, 2.24) is 4.31 Å². The summed E-state index contributed by atoms with van der Waals surface area (Å²) in [6.07, 6.45) is 8.50. The molecule has 0 unspecified atom stereocenters. The summed E-state index contributed by atoms with van der Waals surface area (Å²) in [7, 11) is -2.19. The van der Waals surface area contributed by atoms with Crippen molar-refractivity contribution < 1.29 is 22.7 Å². The molecule has 1 saturated carbocycles. The fourth-order valence-electron chi connectivity index (χ4n) is 5.58. The monoisotopic (exact) mass is 536 g/mol. The molecule has 4 rings (SSSR count). The quantitative estimate of drug-likeness (QED) is 0.413. The van der Waals surface area contributed by atoms with Gasteiger partial charge in [0.05, 0.1) is 16.3 Å². The molecule has 196 valence electrons. The molecule has 6 nitrogen and oxygen atoms in total. The van der Waals surface area contributed by atoms with Crippen molar-refractivity contribution in [2.45, 2.75) is 69.2 Å². The minimum Gasteiger partial charge on any atom is -0.478 e. The van der Waals surface area contributed by atoms with Crippen molar-refractivity contribution in [3.63, 3.8) is 0 Å². The van der Waals surface area contributed by atoms with E-state index < -0.39 is 27.4 Å². The van der Waals surface area contributed by atoms with E-state index in [2.05, 4.69) is 11.8 Å². The molecule has 1 heterocycles. The van der Waals surface area contributed by atoms with E-state index in [0.29, 0.717) is 34.3 Å². The third-order valence-corrected chi connectivity index (χ3v) is 9.88. The van der Waals surface area contributed by atoms with Gasteiger partial charge in [0.2, 0.25) is 10.0 Å². The predicted octanol–water partition coefficient (Wildman–Crippen LogP) is 6.42. The molecule has 2 aromatic carbocycles. The van der Waals surface area contributed by atoms with Crippen LogP contribution >= 0.6 is 11.6 Å². The Bertz CT molecular complexity index is 1230. The van der Waals surface area contributed by atoms with Gasteiger partial charge in [-0.3, -0.25) is 0 Å². The third-order valence-electron chi connectivity index (χ3n) is 7.65. The maximum Gasteiger partial charge on any atom is 0.338 e. The van der Waals surface area contributed by atoms with Gasteiger partial charge in [-0.1, -0.05) is 56.7 Å². The summed E-state index contributed by atoms with van der Waals surface area (Å²) in [5.74, 6) is -1.96. The van der Waals surface area contributed by atoms with Crippen LogP contribution in [0.2, 0.25) is 5.02 Å². The first-order chi connectivity index (χ1) is 17.1. The molecule has 1 aliphatic carbocycles. The van der Waals surface area contributed by atoms with Crippen LogP contribution in [0.1, 0.15) is 68.6 Å². The van der Waals surface area contributed by atoms with Crippen LogP contribution in [0.25, 0.3) is 11.1 Å². The summed E-state index contributed by atoms with van der Waals surface area (Å²) in [6.45, 7) is 3.46. The van der Waals surface area contributed by atoms with Crippen LogP contribution in [0.4, 0.5) is 10.1 Å². The number of carboxylic acids is 1. The minimum atomic E-state index is -3.86. The van der Waals surface area contributed by atoms with Crippen LogP contribution in [-0.2, 0) is 10.0 Å². The van der Waals surface area contributed by atoms with Gasteiger partial charge in [-0.25, -0.2) is 17.6 Å². The summed E-state index contributed by atoms with van der Waals surface area (Å²) < 4.78 is 43.5. The molecular weight excluding hydrogens is 503 g/mol. The number of hydrogen-bond acceptors (Lipinski definition) is 4. The highest BCUT2D eigenvalue weighted by Crippen LogP contribution is 2.42. The predicted molar refractivity (Wildman–Crippen MR) is 141 cm³/mol. The van der Waals surface area contributed by atoms with E-state index in [1.54, 1.807) is 13.1 Å². The molecule has 1 atom stereocenters. The number of rotatable bonds is 7. The molecule has 0 aromatic heterocycles. The number of sulfonamides is 1. The molecule has 0 spiro atoms. The molecule has 36 heavy (non-hydrogen) atoms. The molecule has 0 saturated heterocycles. The summed E-state index contributed by atoms with van der Waals surface area (Å²) in [4.78, 5) is 13.8. The Morgan fingerprint density at radius 3 is 2.53 bits per heavy atom. The van der Waals surface area contributed by atoms with Gasteiger partial charge < -0.3 is 10.0 Å². The Morgan fingerprint density at radius 1 is 1.14 bits per heavy atom. The lowest BCUT2D eigenvalue weighted by Gasteiger charge is -2.37. The highest BCUT2D eigenvalue weighted by Gasteiger charge is 2.40. The van der Waals surface area contributed by atoms with E-state index in [-0.39, 0.29) is 10.9 Å². The molecule has 1 fully saturated rings. The van der Waals surface area contributed by atoms with Crippen LogP contribution < -0.4 is 4.90 Å². The fourth-order valence-corrected chi connectivity index (χ4v) is 7.47.